The first kappa shape index (κ1) is 16.2. The van der Waals surface area contributed by atoms with E-state index in [0.717, 1.165) is 4.88 Å². The van der Waals surface area contributed by atoms with Crippen molar-refractivity contribution in [2.75, 3.05) is 5.32 Å². The van der Waals surface area contributed by atoms with Gasteiger partial charge in [0.05, 0.1) is 6.04 Å². The zero-order valence-electron chi connectivity index (χ0n) is 12.9. The molecule has 0 saturated heterocycles. The molecule has 1 aromatic carbocycles. The van der Waals surface area contributed by atoms with Crippen molar-refractivity contribution in [3.05, 3.63) is 52.2 Å². The van der Waals surface area contributed by atoms with E-state index in [0.29, 0.717) is 17.2 Å². The number of benzene rings is 1. The molecule has 1 unspecified atom stereocenters. The number of thiophene rings is 1. The molecule has 1 aromatic heterocycles. The van der Waals surface area contributed by atoms with E-state index in [1.54, 1.807) is 35.6 Å². The number of anilines is 1. The van der Waals surface area contributed by atoms with Gasteiger partial charge in [-0.2, -0.15) is 0 Å². The van der Waals surface area contributed by atoms with Gasteiger partial charge in [-0.1, -0.05) is 26.0 Å². The maximum absolute atomic E-state index is 12.5. The van der Waals surface area contributed by atoms with E-state index in [4.69, 9.17) is 0 Å². The summed E-state index contributed by atoms with van der Waals surface area (Å²) in [5.74, 6) is -0.00312. The summed E-state index contributed by atoms with van der Waals surface area (Å²) in [5.41, 5.74) is 1.16. The zero-order chi connectivity index (χ0) is 16.1. The van der Waals surface area contributed by atoms with Crippen LogP contribution in [-0.2, 0) is 4.79 Å². The van der Waals surface area contributed by atoms with Crippen LogP contribution in [0.4, 0.5) is 5.69 Å². The van der Waals surface area contributed by atoms with E-state index in [-0.39, 0.29) is 17.9 Å². The molecule has 0 aliphatic rings. The number of carbonyl (C=O) groups excluding carboxylic acids is 2. The number of hydrogen-bond acceptors (Lipinski definition) is 3. The fourth-order valence-corrected chi connectivity index (χ4v) is 3.15. The molecule has 22 heavy (non-hydrogen) atoms. The summed E-state index contributed by atoms with van der Waals surface area (Å²) in [5, 5.41) is 7.77. The van der Waals surface area contributed by atoms with Crippen LogP contribution < -0.4 is 10.6 Å². The third-order valence-corrected chi connectivity index (χ3v) is 4.20. The SMILES string of the molecule is CC(=O)Nc1cccc(C(=O)NC(c2cccs2)C(C)C)c1. The first-order valence-electron chi connectivity index (χ1n) is 7.19. The summed E-state index contributed by atoms with van der Waals surface area (Å²) in [6, 6.07) is 10.9. The number of amides is 2. The van der Waals surface area contributed by atoms with Crippen LogP contribution in [0.1, 0.15) is 42.0 Å². The van der Waals surface area contributed by atoms with Crippen LogP contribution in [0.15, 0.2) is 41.8 Å². The molecule has 4 nitrogen and oxygen atoms in total. The van der Waals surface area contributed by atoms with Gasteiger partial charge in [0.25, 0.3) is 5.91 Å². The van der Waals surface area contributed by atoms with Gasteiger partial charge in [-0.05, 0) is 35.6 Å². The summed E-state index contributed by atoms with van der Waals surface area (Å²) in [4.78, 5) is 24.7. The van der Waals surface area contributed by atoms with Gasteiger partial charge in [0.2, 0.25) is 5.91 Å². The predicted octanol–water partition coefficient (Wildman–Crippen LogP) is 3.83. The Balaban J connectivity index is 2.15. The van der Waals surface area contributed by atoms with Crippen LogP contribution >= 0.6 is 11.3 Å². The summed E-state index contributed by atoms with van der Waals surface area (Å²) >= 11 is 1.64. The summed E-state index contributed by atoms with van der Waals surface area (Å²) in [7, 11) is 0. The lowest BCUT2D eigenvalue weighted by Crippen LogP contribution is -2.31. The largest absolute Gasteiger partial charge is 0.344 e. The Bertz CT molecular complexity index is 650. The molecule has 2 rings (SSSR count). The van der Waals surface area contributed by atoms with Crippen molar-refractivity contribution in [1.29, 1.82) is 0 Å². The van der Waals surface area contributed by atoms with Crippen LogP contribution in [-0.4, -0.2) is 11.8 Å². The highest BCUT2D eigenvalue weighted by molar-refractivity contribution is 7.10. The molecule has 2 aromatic rings. The van der Waals surface area contributed by atoms with Crippen LogP contribution in [0, 0.1) is 5.92 Å². The quantitative estimate of drug-likeness (QED) is 0.880. The van der Waals surface area contributed by atoms with Crippen molar-refractivity contribution >= 4 is 28.8 Å². The lowest BCUT2D eigenvalue weighted by atomic mass is 10.0. The lowest BCUT2D eigenvalue weighted by molar-refractivity contribution is -0.114. The second-order valence-corrected chi connectivity index (χ2v) is 6.45. The van der Waals surface area contributed by atoms with Gasteiger partial charge in [0.15, 0.2) is 0 Å². The van der Waals surface area contributed by atoms with Crippen molar-refractivity contribution in [1.82, 2.24) is 5.32 Å². The molecule has 2 amide bonds. The number of rotatable bonds is 5. The minimum Gasteiger partial charge on any atom is -0.344 e. The number of hydrogen-bond donors (Lipinski definition) is 2. The molecule has 0 aliphatic heterocycles. The van der Waals surface area contributed by atoms with E-state index >= 15 is 0 Å². The first-order chi connectivity index (χ1) is 10.5. The summed E-state index contributed by atoms with van der Waals surface area (Å²) in [6.07, 6.45) is 0. The average Bonchev–Trinajstić information content (AvgIpc) is 2.97. The van der Waals surface area contributed by atoms with Crippen molar-refractivity contribution < 1.29 is 9.59 Å². The van der Waals surface area contributed by atoms with Crippen LogP contribution in [0.3, 0.4) is 0 Å². The van der Waals surface area contributed by atoms with Gasteiger partial charge in [-0.3, -0.25) is 9.59 Å². The smallest absolute Gasteiger partial charge is 0.251 e. The van der Waals surface area contributed by atoms with E-state index in [9.17, 15) is 9.59 Å². The molecule has 0 radical (unpaired) electrons. The summed E-state index contributed by atoms with van der Waals surface area (Å²) in [6.45, 7) is 5.61. The molecule has 0 saturated carbocycles. The molecule has 2 N–H and O–H groups in total. The highest BCUT2D eigenvalue weighted by atomic mass is 32.1. The second-order valence-electron chi connectivity index (χ2n) is 5.47. The maximum atomic E-state index is 12.5. The minimum atomic E-state index is -0.156. The fourth-order valence-electron chi connectivity index (χ4n) is 2.20. The van der Waals surface area contributed by atoms with Crippen molar-refractivity contribution in [2.24, 2.45) is 5.92 Å². The number of carbonyl (C=O) groups is 2. The Labute approximate surface area is 134 Å². The van der Waals surface area contributed by atoms with E-state index in [1.165, 1.54) is 6.92 Å². The van der Waals surface area contributed by atoms with Gasteiger partial charge in [-0.15, -0.1) is 11.3 Å². The normalized spacial score (nSPS) is 12.0. The molecular weight excluding hydrogens is 296 g/mol. The summed E-state index contributed by atoms with van der Waals surface area (Å²) < 4.78 is 0. The monoisotopic (exact) mass is 316 g/mol. The van der Waals surface area contributed by atoms with Gasteiger partial charge >= 0.3 is 0 Å². The van der Waals surface area contributed by atoms with Crippen molar-refractivity contribution in [2.45, 2.75) is 26.8 Å². The fraction of sp³-hybridized carbons (Fsp3) is 0.294. The predicted molar refractivity (Wildman–Crippen MR) is 90.1 cm³/mol. The minimum absolute atomic E-state index is 0.0167. The molecule has 5 heteroatoms. The van der Waals surface area contributed by atoms with Crippen LogP contribution in [0.25, 0.3) is 0 Å². The Morgan fingerprint density at radius 3 is 2.50 bits per heavy atom. The molecule has 1 atom stereocenters. The Morgan fingerprint density at radius 2 is 1.91 bits per heavy atom. The molecular formula is C17H20N2O2S. The van der Waals surface area contributed by atoms with Gasteiger partial charge < -0.3 is 10.6 Å². The third kappa shape index (κ3) is 4.18. The van der Waals surface area contributed by atoms with E-state index < -0.39 is 0 Å². The molecule has 1 heterocycles. The van der Waals surface area contributed by atoms with Crippen LogP contribution in [0.5, 0.6) is 0 Å². The Kier molecular flexibility index (Phi) is 5.33. The van der Waals surface area contributed by atoms with Gasteiger partial charge in [0, 0.05) is 23.1 Å². The third-order valence-electron chi connectivity index (χ3n) is 3.25. The Hall–Kier alpha value is -2.14. The van der Waals surface area contributed by atoms with Crippen LogP contribution in [0.2, 0.25) is 0 Å². The highest BCUT2D eigenvalue weighted by Gasteiger charge is 2.20. The zero-order valence-corrected chi connectivity index (χ0v) is 13.7. The van der Waals surface area contributed by atoms with E-state index in [1.807, 2.05) is 17.5 Å². The average molecular weight is 316 g/mol. The molecule has 0 fully saturated rings. The van der Waals surface area contributed by atoms with Gasteiger partial charge in [-0.25, -0.2) is 0 Å². The van der Waals surface area contributed by atoms with Gasteiger partial charge in [0.1, 0.15) is 0 Å². The molecule has 0 aliphatic carbocycles. The highest BCUT2D eigenvalue weighted by Crippen LogP contribution is 2.26. The van der Waals surface area contributed by atoms with Crippen molar-refractivity contribution in [3.63, 3.8) is 0 Å². The maximum Gasteiger partial charge on any atom is 0.251 e. The standard InChI is InChI=1S/C17H20N2O2S/c1-11(2)16(15-8-5-9-22-15)19-17(21)13-6-4-7-14(10-13)18-12(3)20/h4-11,16H,1-3H3,(H,18,20)(H,19,21). The molecule has 0 spiro atoms. The van der Waals surface area contributed by atoms with E-state index in [2.05, 4.69) is 24.5 Å². The topological polar surface area (TPSA) is 58.2 Å². The lowest BCUT2D eigenvalue weighted by Gasteiger charge is -2.21. The first-order valence-corrected chi connectivity index (χ1v) is 8.07. The molecule has 0 bridgehead atoms. The Morgan fingerprint density at radius 1 is 1.14 bits per heavy atom. The molecule has 116 valence electrons. The van der Waals surface area contributed by atoms with Crippen molar-refractivity contribution in [3.8, 4) is 0 Å². The number of nitrogens with one attached hydrogen (secondary N) is 2. The second kappa shape index (κ2) is 7.22.